The van der Waals surface area contributed by atoms with Crippen molar-refractivity contribution in [3.8, 4) is 11.4 Å². The molecule has 1 fully saturated rings. The fourth-order valence-electron chi connectivity index (χ4n) is 4.31. The highest BCUT2D eigenvalue weighted by atomic mass is 16.1. The van der Waals surface area contributed by atoms with Crippen molar-refractivity contribution in [3.63, 3.8) is 0 Å². The summed E-state index contributed by atoms with van der Waals surface area (Å²) in [6.45, 7) is 7.12. The normalized spacial score (nSPS) is 20.3. The summed E-state index contributed by atoms with van der Waals surface area (Å²) in [7, 11) is 2.13. The quantitative estimate of drug-likeness (QED) is 0.512. The van der Waals surface area contributed by atoms with Crippen molar-refractivity contribution in [2.75, 3.05) is 13.6 Å². The van der Waals surface area contributed by atoms with E-state index >= 15 is 0 Å². The van der Waals surface area contributed by atoms with Gasteiger partial charge >= 0.3 is 0 Å². The number of pyridine rings is 1. The molecule has 5 rings (SSSR count). The molecule has 0 N–H and O–H groups in total. The Kier molecular flexibility index (Phi) is 4.39. The van der Waals surface area contributed by atoms with Gasteiger partial charge in [-0.25, -0.2) is 19.2 Å². The maximum atomic E-state index is 13.1. The molecule has 0 saturated carbocycles. The first-order valence-corrected chi connectivity index (χ1v) is 10.3. The van der Waals surface area contributed by atoms with Gasteiger partial charge in [-0.15, -0.1) is 0 Å². The molecule has 2 atom stereocenters. The van der Waals surface area contributed by atoms with Crippen LogP contribution in [0.4, 0.5) is 0 Å². The molecule has 8 heteroatoms. The molecular weight excluding hydrogens is 378 g/mol. The molecule has 154 valence electrons. The van der Waals surface area contributed by atoms with Gasteiger partial charge in [-0.1, -0.05) is 0 Å². The van der Waals surface area contributed by atoms with Crippen molar-refractivity contribution >= 4 is 16.6 Å². The standard InChI is InChI=1S/C22H25N7O/c1-13-9-19(26-28-12-14(2)24-21(13)28)18-6-5-17-20(25-18)11-23-29(22(17)30)16-7-8-27(4)15(3)10-16/h5-6,9,11-12,15-16H,7-8,10H2,1-4H3/t15-,16-/m1/s1. The third-order valence-corrected chi connectivity index (χ3v) is 6.19. The number of rotatable bonds is 2. The van der Waals surface area contributed by atoms with Crippen molar-refractivity contribution in [1.82, 2.24) is 34.3 Å². The van der Waals surface area contributed by atoms with Crippen LogP contribution in [0.1, 0.15) is 37.1 Å². The fraction of sp³-hybridized carbons (Fsp3) is 0.409. The molecule has 1 aliphatic rings. The Hall–Kier alpha value is -3.13. The largest absolute Gasteiger partial charge is 0.304 e. The van der Waals surface area contributed by atoms with Crippen LogP contribution in [0.25, 0.3) is 27.9 Å². The van der Waals surface area contributed by atoms with Crippen LogP contribution in [0.2, 0.25) is 0 Å². The van der Waals surface area contributed by atoms with Crippen molar-refractivity contribution in [3.05, 3.63) is 52.2 Å². The summed E-state index contributed by atoms with van der Waals surface area (Å²) in [5, 5.41) is 9.72. The molecular formula is C22H25N7O. The number of fused-ring (bicyclic) bond motifs is 2. The molecule has 1 aliphatic heterocycles. The number of nitrogens with zero attached hydrogens (tertiary/aromatic N) is 7. The Bertz CT molecular complexity index is 1320. The van der Waals surface area contributed by atoms with Crippen LogP contribution >= 0.6 is 0 Å². The lowest BCUT2D eigenvalue weighted by atomic mass is 9.99. The van der Waals surface area contributed by atoms with E-state index in [0.29, 0.717) is 22.6 Å². The van der Waals surface area contributed by atoms with Crippen LogP contribution in [0.5, 0.6) is 0 Å². The lowest BCUT2D eigenvalue weighted by Crippen LogP contribution is -2.41. The van der Waals surface area contributed by atoms with Crippen molar-refractivity contribution in [2.45, 2.75) is 45.7 Å². The number of piperidine rings is 1. The van der Waals surface area contributed by atoms with E-state index in [1.54, 1.807) is 15.4 Å². The average molecular weight is 403 g/mol. The molecule has 0 aliphatic carbocycles. The van der Waals surface area contributed by atoms with E-state index in [-0.39, 0.29) is 11.6 Å². The number of hydrogen-bond acceptors (Lipinski definition) is 6. The highest BCUT2D eigenvalue weighted by Crippen LogP contribution is 2.25. The monoisotopic (exact) mass is 403 g/mol. The third-order valence-electron chi connectivity index (χ3n) is 6.19. The molecule has 0 unspecified atom stereocenters. The lowest BCUT2D eigenvalue weighted by Gasteiger charge is -2.35. The van der Waals surface area contributed by atoms with Gasteiger partial charge in [-0.3, -0.25) is 4.79 Å². The Labute approximate surface area is 174 Å². The molecule has 0 spiro atoms. The summed E-state index contributed by atoms with van der Waals surface area (Å²) in [5.41, 5.74) is 4.77. The highest BCUT2D eigenvalue weighted by molar-refractivity contribution is 5.79. The van der Waals surface area contributed by atoms with Gasteiger partial charge in [0.15, 0.2) is 5.65 Å². The van der Waals surface area contributed by atoms with Crippen LogP contribution in [0.3, 0.4) is 0 Å². The minimum Gasteiger partial charge on any atom is -0.304 e. The maximum absolute atomic E-state index is 13.1. The second-order valence-electron chi connectivity index (χ2n) is 8.39. The van der Waals surface area contributed by atoms with Gasteiger partial charge < -0.3 is 4.90 Å². The van der Waals surface area contributed by atoms with E-state index in [9.17, 15) is 4.79 Å². The second-order valence-corrected chi connectivity index (χ2v) is 8.39. The Morgan fingerprint density at radius 3 is 2.77 bits per heavy atom. The molecule has 8 nitrogen and oxygen atoms in total. The summed E-state index contributed by atoms with van der Waals surface area (Å²) in [6, 6.07) is 6.25. The SMILES string of the molecule is Cc1cn2nc(-c3ccc4c(=O)n([C@@H]5CCN(C)[C@H](C)C5)ncc4n3)cc(C)c2n1. The van der Waals surface area contributed by atoms with Gasteiger partial charge in [0, 0.05) is 12.6 Å². The number of imidazole rings is 1. The first-order valence-electron chi connectivity index (χ1n) is 10.3. The van der Waals surface area contributed by atoms with Crippen molar-refractivity contribution in [1.29, 1.82) is 0 Å². The maximum Gasteiger partial charge on any atom is 0.276 e. The summed E-state index contributed by atoms with van der Waals surface area (Å²) >= 11 is 0. The minimum absolute atomic E-state index is 0.0712. The van der Waals surface area contributed by atoms with E-state index in [1.165, 1.54) is 0 Å². The van der Waals surface area contributed by atoms with Crippen LogP contribution in [0, 0.1) is 13.8 Å². The second kappa shape index (κ2) is 6.98. The van der Waals surface area contributed by atoms with Gasteiger partial charge in [-0.2, -0.15) is 10.2 Å². The predicted molar refractivity (Wildman–Crippen MR) is 116 cm³/mol. The summed E-state index contributed by atoms with van der Waals surface area (Å²) in [5.74, 6) is 0. The van der Waals surface area contributed by atoms with E-state index < -0.39 is 0 Å². The summed E-state index contributed by atoms with van der Waals surface area (Å²) < 4.78 is 3.43. The van der Waals surface area contributed by atoms with E-state index in [4.69, 9.17) is 4.98 Å². The van der Waals surface area contributed by atoms with E-state index in [2.05, 4.69) is 34.1 Å². The van der Waals surface area contributed by atoms with Gasteiger partial charge in [0.25, 0.3) is 5.56 Å². The predicted octanol–water partition coefficient (Wildman–Crippen LogP) is 2.77. The Balaban J connectivity index is 1.55. The molecule has 0 aromatic carbocycles. The fourth-order valence-corrected chi connectivity index (χ4v) is 4.31. The molecule has 1 saturated heterocycles. The Morgan fingerprint density at radius 2 is 1.97 bits per heavy atom. The zero-order valence-electron chi connectivity index (χ0n) is 17.7. The summed E-state index contributed by atoms with van der Waals surface area (Å²) in [4.78, 5) is 24.6. The third kappa shape index (κ3) is 3.08. The number of aromatic nitrogens is 6. The first kappa shape index (κ1) is 18.9. The van der Waals surface area contributed by atoms with E-state index in [0.717, 1.165) is 42.0 Å². The molecule has 4 aromatic heterocycles. The molecule has 0 amide bonds. The van der Waals surface area contributed by atoms with Gasteiger partial charge in [-0.05, 0) is 64.4 Å². The summed E-state index contributed by atoms with van der Waals surface area (Å²) in [6.07, 6.45) is 5.46. The average Bonchev–Trinajstić information content (AvgIpc) is 3.11. The van der Waals surface area contributed by atoms with E-state index in [1.807, 2.05) is 38.2 Å². The number of hydrogen-bond donors (Lipinski definition) is 0. The molecule has 0 bridgehead atoms. The first-order chi connectivity index (χ1) is 14.4. The topological polar surface area (TPSA) is 81.2 Å². The molecule has 0 radical (unpaired) electrons. The van der Waals surface area contributed by atoms with Crippen LogP contribution in [-0.4, -0.2) is 53.9 Å². The van der Waals surface area contributed by atoms with Crippen LogP contribution < -0.4 is 5.56 Å². The zero-order valence-corrected chi connectivity index (χ0v) is 17.7. The molecule has 30 heavy (non-hydrogen) atoms. The Morgan fingerprint density at radius 1 is 1.13 bits per heavy atom. The molecule has 4 aromatic rings. The number of likely N-dealkylation sites (tertiary alicyclic amines) is 1. The van der Waals surface area contributed by atoms with Gasteiger partial charge in [0.2, 0.25) is 0 Å². The zero-order chi connectivity index (χ0) is 21.0. The highest BCUT2D eigenvalue weighted by Gasteiger charge is 2.26. The van der Waals surface area contributed by atoms with Crippen molar-refractivity contribution < 1.29 is 0 Å². The van der Waals surface area contributed by atoms with Crippen molar-refractivity contribution in [2.24, 2.45) is 0 Å². The number of aryl methyl sites for hydroxylation is 2. The smallest absolute Gasteiger partial charge is 0.276 e. The van der Waals surface area contributed by atoms with Gasteiger partial charge in [0.05, 0.1) is 40.7 Å². The van der Waals surface area contributed by atoms with Gasteiger partial charge in [0.1, 0.15) is 5.69 Å². The lowest BCUT2D eigenvalue weighted by molar-refractivity contribution is 0.148. The van der Waals surface area contributed by atoms with Crippen LogP contribution in [0.15, 0.2) is 35.4 Å². The minimum atomic E-state index is -0.0712. The molecule has 5 heterocycles. The van der Waals surface area contributed by atoms with Crippen LogP contribution in [-0.2, 0) is 0 Å².